The molecule has 0 atom stereocenters. The highest BCUT2D eigenvalue weighted by Crippen LogP contribution is 2.22. The molecule has 0 unspecified atom stereocenters. The predicted octanol–water partition coefficient (Wildman–Crippen LogP) is 0.982. The van der Waals surface area contributed by atoms with Crippen molar-refractivity contribution in [3.8, 4) is 0 Å². The number of methoxy groups -OCH3 is 1. The quantitative estimate of drug-likeness (QED) is 0.814. The molecule has 2 heterocycles. The number of thiazole rings is 1. The molecule has 0 saturated carbocycles. The van der Waals surface area contributed by atoms with Crippen LogP contribution in [0.4, 0.5) is 5.13 Å². The van der Waals surface area contributed by atoms with Crippen molar-refractivity contribution in [2.45, 2.75) is 6.92 Å². The third kappa shape index (κ3) is 3.89. The third-order valence-electron chi connectivity index (χ3n) is 2.98. The van der Waals surface area contributed by atoms with Crippen LogP contribution in [0.5, 0.6) is 0 Å². The maximum Gasteiger partial charge on any atom is 0.350 e. The van der Waals surface area contributed by atoms with Crippen LogP contribution in [0.2, 0.25) is 0 Å². The fourth-order valence-corrected chi connectivity index (χ4v) is 2.81. The summed E-state index contributed by atoms with van der Waals surface area (Å²) in [7, 11) is 1.38. The lowest BCUT2D eigenvalue weighted by Gasteiger charge is -2.26. The summed E-state index contributed by atoms with van der Waals surface area (Å²) < 4.78 is 10.0. The minimum absolute atomic E-state index is 0.323. The van der Waals surface area contributed by atoms with Gasteiger partial charge in [0.25, 0.3) is 0 Å². The molecule has 0 spiro atoms. The Morgan fingerprint density at radius 1 is 1.53 bits per heavy atom. The lowest BCUT2D eigenvalue weighted by Crippen LogP contribution is -2.38. The van der Waals surface area contributed by atoms with Gasteiger partial charge in [-0.2, -0.15) is 0 Å². The van der Waals surface area contributed by atoms with Crippen LogP contribution in [0, 0.1) is 6.92 Å². The summed E-state index contributed by atoms with van der Waals surface area (Å²) in [4.78, 5) is 18.7. The molecule has 0 aromatic carbocycles. The van der Waals surface area contributed by atoms with Gasteiger partial charge in [-0.15, -0.1) is 0 Å². The van der Waals surface area contributed by atoms with Crippen LogP contribution in [0.3, 0.4) is 0 Å². The Bertz CT molecular complexity index is 430. The van der Waals surface area contributed by atoms with E-state index in [2.05, 4.69) is 15.2 Å². The molecule has 1 fully saturated rings. The molecule has 106 valence electrons. The molecule has 7 heteroatoms. The van der Waals surface area contributed by atoms with E-state index in [9.17, 15) is 4.79 Å². The standard InChI is InChI=1S/C12H19N3O3S/c1-9-10(11(16)17-2)19-12(14-9)13-3-4-15-5-7-18-8-6-15/h3-8H2,1-2H3,(H,13,14). The van der Waals surface area contributed by atoms with E-state index in [1.54, 1.807) is 0 Å². The van der Waals surface area contributed by atoms with Crippen molar-refractivity contribution in [2.75, 3.05) is 51.8 Å². The number of aromatic nitrogens is 1. The zero-order valence-electron chi connectivity index (χ0n) is 11.3. The Hall–Kier alpha value is -1.18. The second-order valence-corrected chi connectivity index (χ2v) is 5.30. The van der Waals surface area contributed by atoms with E-state index in [4.69, 9.17) is 9.47 Å². The smallest absolute Gasteiger partial charge is 0.350 e. The number of carbonyl (C=O) groups excluding carboxylic acids is 1. The van der Waals surface area contributed by atoms with Crippen molar-refractivity contribution in [3.63, 3.8) is 0 Å². The molecule has 0 bridgehead atoms. The summed E-state index contributed by atoms with van der Waals surface area (Å²) in [6.45, 7) is 7.16. The molecule has 1 aromatic rings. The van der Waals surface area contributed by atoms with Gasteiger partial charge in [0.05, 0.1) is 26.0 Å². The summed E-state index contributed by atoms with van der Waals surface area (Å²) in [6, 6.07) is 0. The van der Waals surface area contributed by atoms with Crippen LogP contribution in [0.15, 0.2) is 0 Å². The lowest BCUT2D eigenvalue weighted by atomic mass is 10.4. The van der Waals surface area contributed by atoms with Crippen molar-refractivity contribution in [1.82, 2.24) is 9.88 Å². The Labute approximate surface area is 116 Å². The van der Waals surface area contributed by atoms with E-state index < -0.39 is 0 Å². The van der Waals surface area contributed by atoms with Gasteiger partial charge in [0.15, 0.2) is 5.13 Å². The molecule has 0 aliphatic carbocycles. The van der Waals surface area contributed by atoms with Crippen molar-refractivity contribution in [3.05, 3.63) is 10.6 Å². The van der Waals surface area contributed by atoms with Crippen LogP contribution < -0.4 is 5.32 Å². The van der Waals surface area contributed by atoms with Crippen molar-refractivity contribution in [2.24, 2.45) is 0 Å². The highest BCUT2D eigenvalue weighted by atomic mass is 32.1. The normalized spacial score (nSPS) is 16.3. The van der Waals surface area contributed by atoms with Gasteiger partial charge in [-0.05, 0) is 6.92 Å². The number of esters is 1. The zero-order valence-corrected chi connectivity index (χ0v) is 12.1. The monoisotopic (exact) mass is 285 g/mol. The van der Waals surface area contributed by atoms with E-state index in [1.807, 2.05) is 6.92 Å². The van der Waals surface area contributed by atoms with Crippen LogP contribution in [0.1, 0.15) is 15.4 Å². The molecule has 1 aliphatic rings. The summed E-state index contributed by atoms with van der Waals surface area (Å²) in [5, 5.41) is 4.02. The van der Waals surface area contributed by atoms with E-state index in [1.165, 1.54) is 18.4 Å². The summed E-state index contributed by atoms with van der Waals surface area (Å²) in [6.07, 6.45) is 0. The number of aryl methyl sites for hydroxylation is 1. The first-order valence-electron chi connectivity index (χ1n) is 6.30. The molecule has 1 saturated heterocycles. The fourth-order valence-electron chi connectivity index (χ4n) is 1.90. The molecule has 1 aliphatic heterocycles. The Morgan fingerprint density at radius 3 is 2.95 bits per heavy atom. The minimum atomic E-state index is -0.323. The molecular weight excluding hydrogens is 266 g/mol. The molecule has 19 heavy (non-hydrogen) atoms. The average molecular weight is 285 g/mol. The Morgan fingerprint density at radius 2 is 2.26 bits per heavy atom. The van der Waals surface area contributed by atoms with Gasteiger partial charge in [-0.1, -0.05) is 11.3 Å². The number of carbonyl (C=O) groups is 1. The van der Waals surface area contributed by atoms with Crippen molar-refractivity contribution in [1.29, 1.82) is 0 Å². The number of anilines is 1. The predicted molar refractivity (Wildman–Crippen MR) is 73.9 cm³/mol. The van der Waals surface area contributed by atoms with Gasteiger partial charge in [-0.25, -0.2) is 9.78 Å². The molecule has 2 rings (SSSR count). The Balaban J connectivity index is 1.81. The van der Waals surface area contributed by atoms with Crippen molar-refractivity contribution >= 4 is 22.4 Å². The Kier molecular flexibility index (Phi) is 5.12. The maximum atomic E-state index is 11.5. The molecule has 1 aromatic heterocycles. The fraction of sp³-hybridized carbons (Fsp3) is 0.667. The van der Waals surface area contributed by atoms with Gasteiger partial charge >= 0.3 is 5.97 Å². The van der Waals surface area contributed by atoms with Gasteiger partial charge in [0.2, 0.25) is 0 Å². The largest absolute Gasteiger partial charge is 0.465 e. The molecule has 0 amide bonds. The summed E-state index contributed by atoms with van der Waals surface area (Å²) >= 11 is 1.34. The second kappa shape index (κ2) is 6.83. The SMILES string of the molecule is COC(=O)c1sc(NCCN2CCOCC2)nc1C. The van der Waals surface area contributed by atoms with E-state index in [0.29, 0.717) is 10.6 Å². The van der Waals surface area contributed by atoms with Crippen molar-refractivity contribution < 1.29 is 14.3 Å². The first-order valence-corrected chi connectivity index (χ1v) is 7.12. The first-order chi connectivity index (χ1) is 9.20. The topological polar surface area (TPSA) is 63.7 Å². The number of hydrogen-bond donors (Lipinski definition) is 1. The number of rotatable bonds is 5. The number of hydrogen-bond acceptors (Lipinski definition) is 7. The number of nitrogens with zero attached hydrogens (tertiary/aromatic N) is 2. The maximum absolute atomic E-state index is 11.5. The third-order valence-corrected chi connectivity index (χ3v) is 4.07. The molecular formula is C12H19N3O3S. The molecule has 6 nitrogen and oxygen atoms in total. The highest BCUT2D eigenvalue weighted by Gasteiger charge is 2.15. The van der Waals surface area contributed by atoms with E-state index >= 15 is 0 Å². The van der Waals surface area contributed by atoms with Gasteiger partial charge in [0, 0.05) is 26.2 Å². The molecule has 1 N–H and O–H groups in total. The minimum Gasteiger partial charge on any atom is -0.465 e. The zero-order chi connectivity index (χ0) is 13.7. The lowest BCUT2D eigenvalue weighted by molar-refractivity contribution is 0.0398. The van der Waals surface area contributed by atoms with Gasteiger partial charge in [-0.3, -0.25) is 4.90 Å². The van der Waals surface area contributed by atoms with E-state index in [0.717, 1.165) is 44.5 Å². The van der Waals surface area contributed by atoms with E-state index in [-0.39, 0.29) is 5.97 Å². The van der Waals surface area contributed by atoms with Crippen LogP contribution in [-0.4, -0.2) is 62.4 Å². The van der Waals surface area contributed by atoms with Crippen LogP contribution in [0.25, 0.3) is 0 Å². The van der Waals surface area contributed by atoms with Crippen LogP contribution >= 0.6 is 11.3 Å². The summed E-state index contributed by atoms with van der Waals surface area (Å²) in [5.74, 6) is -0.323. The first kappa shape index (κ1) is 14.2. The summed E-state index contributed by atoms with van der Waals surface area (Å²) in [5.41, 5.74) is 0.714. The average Bonchev–Trinajstić information content (AvgIpc) is 2.80. The van der Waals surface area contributed by atoms with Gasteiger partial charge in [0.1, 0.15) is 4.88 Å². The van der Waals surface area contributed by atoms with Crippen LogP contribution in [-0.2, 0) is 9.47 Å². The number of nitrogens with one attached hydrogen (secondary N) is 1. The second-order valence-electron chi connectivity index (χ2n) is 4.31. The molecule has 0 radical (unpaired) electrons. The highest BCUT2D eigenvalue weighted by molar-refractivity contribution is 7.17. The number of morpholine rings is 1. The number of ether oxygens (including phenoxy) is 2. The van der Waals surface area contributed by atoms with Gasteiger partial charge < -0.3 is 14.8 Å².